The summed E-state index contributed by atoms with van der Waals surface area (Å²) >= 11 is 18.2. The Morgan fingerprint density at radius 3 is 0.910 bits per heavy atom. The molecule has 12 aromatic carbocycles. The van der Waals surface area contributed by atoms with Gasteiger partial charge >= 0.3 is 7.12 Å². The van der Waals surface area contributed by atoms with Crippen molar-refractivity contribution in [2.75, 3.05) is 0 Å². The molecule has 372 valence electrons. The summed E-state index contributed by atoms with van der Waals surface area (Å²) in [6.45, 7) is 0. The molecule has 2 N–H and O–H groups in total. The van der Waals surface area contributed by atoms with Crippen molar-refractivity contribution in [1.29, 1.82) is 0 Å². The van der Waals surface area contributed by atoms with E-state index in [-0.39, 0.29) is 5.28 Å². The van der Waals surface area contributed by atoms with Crippen LogP contribution in [0, 0.1) is 0 Å². The summed E-state index contributed by atoms with van der Waals surface area (Å²) in [5.41, 5.74) is 4.96. The first-order chi connectivity index (χ1) is 38.2. The van der Waals surface area contributed by atoms with Crippen LogP contribution < -0.4 is 5.46 Å². The number of fused-ring (bicyclic) bond motifs is 12. The first-order valence-corrected chi connectivity index (χ1v) is 26.2. The van der Waals surface area contributed by atoms with Gasteiger partial charge in [0.25, 0.3) is 0 Å². The Labute approximate surface area is 464 Å². The van der Waals surface area contributed by atoms with Crippen LogP contribution in [0.4, 0.5) is 0 Å². The zero-order valence-corrected chi connectivity index (χ0v) is 43.7. The summed E-state index contributed by atoms with van der Waals surface area (Å²) in [6.07, 6.45) is 0. The van der Waals surface area contributed by atoms with Gasteiger partial charge in [0, 0.05) is 37.9 Å². The molecule has 78 heavy (non-hydrogen) atoms. The predicted octanol–water partition coefficient (Wildman–Crippen LogP) is 16.3. The van der Waals surface area contributed by atoms with Gasteiger partial charge in [0.15, 0.2) is 29.1 Å². The van der Waals surface area contributed by atoms with Crippen LogP contribution in [0.3, 0.4) is 0 Å². The maximum atomic E-state index is 8.65. The van der Waals surface area contributed by atoms with Gasteiger partial charge in [0.05, 0.1) is 0 Å². The molecule has 0 bridgehead atoms. The summed E-state index contributed by atoms with van der Waals surface area (Å²) in [5.74, 6) is 2.99. The quantitative estimate of drug-likeness (QED) is 0.125. The third-order valence-corrected chi connectivity index (χ3v) is 14.2. The predicted molar refractivity (Wildman–Crippen MR) is 323 cm³/mol. The molecule has 0 atom stereocenters. The van der Waals surface area contributed by atoms with E-state index in [9.17, 15) is 0 Å². The molecule has 8 nitrogen and oxygen atoms in total. The minimum absolute atomic E-state index is 0.187. The number of aromatic nitrogens is 6. The molecule has 0 spiro atoms. The van der Waals surface area contributed by atoms with Crippen LogP contribution >= 0.6 is 34.8 Å². The number of hydrogen-bond donors (Lipinski definition) is 2. The largest absolute Gasteiger partial charge is 0.488 e. The maximum absolute atomic E-state index is 8.65. The first kappa shape index (κ1) is 49.9. The lowest BCUT2D eigenvalue weighted by Gasteiger charge is -2.12. The van der Waals surface area contributed by atoms with E-state index in [2.05, 4.69) is 143 Å². The standard InChI is InChI=1S/C33H20ClN3.C27H16ClN3.C6H6BClO2/c34-24-12-8-11-22(19-24)32-35-31(21-9-2-1-3-10-21)36-33(37-32)23-17-18-29-27-15-5-4-13-25(27)26-14-6-7-16-28(26)30(29)20-23;28-27-30-25(17-8-2-1-3-9-17)29-26(31-27)18-14-15-23-21-12-5-4-10-19(21)20-11-6-7-13-22(20)24(23)16-18;8-6-3-1-2-5(4-6)7(9)10/h1-20H;1-16H;1-4,9-10H. The molecule has 0 unspecified atom stereocenters. The maximum Gasteiger partial charge on any atom is 0.488 e. The molecule has 0 fully saturated rings. The molecular weight excluding hydrogens is 1030 g/mol. The zero-order chi connectivity index (χ0) is 53.1. The lowest BCUT2D eigenvalue weighted by Crippen LogP contribution is -2.29. The molecule has 2 aromatic heterocycles. The van der Waals surface area contributed by atoms with Crippen molar-refractivity contribution in [3.05, 3.63) is 258 Å². The van der Waals surface area contributed by atoms with Crippen LogP contribution in [0.5, 0.6) is 0 Å². The van der Waals surface area contributed by atoms with Crippen LogP contribution in [-0.2, 0) is 0 Å². The van der Waals surface area contributed by atoms with E-state index in [0.717, 1.165) is 27.8 Å². The molecule has 0 aliphatic carbocycles. The summed E-state index contributed by atoms with van der Waals surface area (Å²) < 4.78 is 0. The molecule has 14 aromatic rings. The highest BCUT2D eigenvalue weighted by atomic mass is 35.5. The highest BCUT2D eigenvalue weighted by Gasteiger charge is 2.17. The first-order valence-electron chi connectivity index (χ1n) is 25.1. The minimum atomic E-state index is -1.43. The molecule has 0 saturated heterocycles. The van der Waals surface area contributed by atoms with Gasteiger partial charge in [-0.2, -0.15) is 9.97 Å². The van der Waals surface area contributed by atoms with Crippen molar-refractivity contribution < 1.29 is 10.0 Å². The van der Waals surface area contributed by atoms with Crippen LogP contribution in [0.2, 0.25) is 15.3 Å². The fraction of sp³-hybridized carbons (Fsp3) is 0. The van der Waals surface area contributed by atoms with Crippen molar-refractivity contribution >= 4 is 112 Å². The van der Waals surface area contributed by atoms with Crippen molar-refractivity contribution in [1.82, 2.24) is 29.9 Å². The van der Waals surface area contributed by atoms with Gasteiger partial charge in [-0.15, -0.1) is 0 Å². The Kier molecular flexibility index (Phi) is 14.1. The minimum Gasteiger partial charge on any atom is -0.423 e. The van der Waals surface area contributed by atoms with E-state index in [1.165, 1.54) is 70.7 Å². The molecule has 0 aliphatic heterocycles. The fourth-order valence-electron chi connectivity index (χ4n) is 9.93. The van der Waals surface area contributed by atoms with E-state index in [4.69, 9.17) is 64.8 Å². The third-order valence-electron chi connectivity index (χ3n) is 13.5. The van der Waals surface area contributed by atoms with Crippen molar-refractivity contribution in [3.63, 3.8) is 0 Å². The van der Waals surface area contributed by atoms with Crippen molar-refractivity contribution in [3.8, 4) is 56.9 Å². The SMILES string of the molecule is Clc1cccc(-c2nc(-c3ccccc3)nc(-c3ccc4c5ccccc5c5ccccc5c4c3)n2)c1.Clc1nc(-c2ccccc2)nc(-c2ccc3c4ccccc4c4ccccc4c3c2)n1.OB(O)c1cccc(Cl)c1. The molecule has 14 rings (SSSR count). The smallest absolute Gasteiger partial charge is 0.423 e. The van der Waals surface area contributed by atoms with Gasteiger partial charge in [-0.05, 0) is 118 Å². The van der Waals surface area contributed by atoms with E-state index in [1.807, 2.05) is 84.9 Å². The normalized spacial score (nSPS) is 11.1. The van der Waals surface area contributed by atoms with Crippen molar-refractivity contribution in [2.45, 2.75) is 0 Å². The zero-order valence-electron chi connectivity index (χ0n) is 41.4. The Morgan fingerprint density at radius 1 is 0.244 bits per heavy atom. The molecule has 12 heteroatoms. The summed E-state index contributed by atoms with van der Waals surface area (Å²) in [4.78, 5) is 28.1. The average molecular weight is 1070 g/mol. The van der Waals surface area contributed by atoms with E-state index in [0.29, 0.717) is 44.6 Å². The molecule has 0 saturated carbocycles. The highest BCUT2D eigenvalue weighted by molar-refractivity contribution is 6.59. The summed E-state index contributed by atoms with van der Waals surface area (Å²) in [6, 6.07) is 80.9. The van der Waals surface area contributed by atoms with E-state index < -0.39 is 7.12 Å². The summed E-state index contributed by atoms with van der Waals surface area (Å²) in [7, 11) is -1.43. The second-order valence-electron chi connectivity index (χ2n) is 18.4. The molecule has 2 heterocycles. The van der Waals surface area contributed by atoms with Gasteiger partial charge in [-0.3, -0.25) is 0 Å². The second-order valence-corrected chi connectivity index (χ2v) is 19.6. The van der Waals surface area contributed by atoms with Crippen LogP contribution in [-0.4, -0.2) is 47.1 Å². The van der Waals surface area contributed by atoms with Crippen molar-refractivity contribution in [2.24, 2.45) is 0 Å². The van der Waals surface area contributed by atoms with E-state index >= 15 is 0 Å². The third kappa shape index (κ3) is 10.2. The topological polar surface area (TPSA) is 118 Å². The van der Waals surface area contributed by atoms with E-state index in [1.54, 1.807) is 18.2 Å². The van der Waals surface area contributed by atoms with Gasteiger partial charge < -0.3 is 10.0 Å². The number of halogens is 3. The molecule has 0 aliphatic rings. The Bertz CT molecular complexity index is 4480. The number of rotatable bonds is 6. The lowest BCUT2D eigenvalue weighted by atomic mass is 9.81. The highest BCUT2D eigenvalue weighted by Crippen LogP contribution is 2.39. The monoisotopic (exact) mass is 1070 g/mol. The van der Waals surface area contributed by atoms with Gasteiger partial charge in [-0.1, -0.05) is 229 Å². The van der Waals surface area contributed by atoms with Crippen LogP contribution in [0.1, 0.15) is 0 Å². The lowest BCUT2D eigenvalue weighted by molar-refractivity contribution is 0.426. The number of hydrogen-bond acceptors (Lipinski definition) is 8. The Hall–Kier alpha value is -8.93. The van der Waals surface area contributed by atoms with Gasteiger partial charge in [0.1, 0.15) is 0 Å². The van der Waals surface area contributed by atoms with Crippen LogP contribution in [0.25, 0.3) is 122 Å². The van der Waals surface area contributed by atoms with Crippen LogP contribution in [0.15, 0.2) is 243 Å². The fourth-order valence-corrected chi connectivity index (χ4v) is 10.5. The molecule has 0 radical (unpaired) electrons. The Balaban J connectivity index is 0.000000134. The summed E-state index contributed by atoms with van der Waals surface area (Å²) in [5, 5.41) is 33.3. The molecule has 0 amide bonds. The Morgan fingerprint density at radius 2 is 0.538 bits per heavy atom. The van der Waals surface area contributed by atoms with Gasteiger partial charge in [0.2, 0.25) is 5.28 Å². The molecular formula is C66H42BCl3N6O2. The number of nitrogens with zero attached hydrogens (tertiary/aromatic N) is 6. The second kappa shape index (κ2) is 22.0. The number of benzene rings is 12. The average Bonchev–Trinajstić information content (AvgIpc) is 3.68. The van der Waals surface area contributed by atoms with Gasteiger partial charge in [-0.25, -0.2) is 19.9 Å².